The largest absolute Gasteiger partial charge is 0.496 e. The molecule has 2 nitrogen and oxygen atoms in total. The summed E-state index contributed by atoms with van der Waals surface area (Å²) in [6.45, 7) is 3.94. The number of aryl methyl sites for hydroxylation is 2. The molecule has 112 valence electrons. The van der Waals surface area contributed by atoms with Crippen LogP contribution in [0, 0.1) is 19.7 Å². The van der Waals surface area contributed by atoms with Gasteiger partial charge < -0.3 is 10.1 Å². The van der Waals surface area contributed by atoms with E-state index in [0.29, 0.717) is 12.0 Å². The fourth-order valence-electron chi connectivity index (χ4n) is 2.57. The molecule has 1 unspecified atom stereocenters. The monoisotopic (exact) mass is 287 g/mol. The Balaban J connectivity index is 2.33. The predicted octanol–water partition coefficient (Wildman–Crippen LogP) is 3.95. The van der Waals surface area contributed by atoms with Gasteiger partial charge in [-0.25, -0.2) is 4.39 Å². The number of rotatable bonds is 5. The molecule has 0 saturated carbocycles. The van der Waals surface area contributed by atoms with Crippen molar-refractivity contribution < 1.29 is 9.13 Å². The predicted molar refractivity (Wildman–Crippen MR) is 84.4 cm³/mol. The second-order valence-electron chi connectivity index (χ2n) is 5.39. The van der Waals surface area contributed by atoms with E-state index in [1.807, 2.05) is 45.2 Å². The van der Waals surface area contributed by atoms with Crippen LogP contribution in [0.3, 0.4) is 0 Å². The number of methoxy groups -OCH3 is 1. The second-order valence-corrected chi connectivity index (χ2v) is 5.39. The molecule has 0 spiro atoms. The van der Waals surface area contributed by atoms with E-state index >= 15 is 0 Å². The molecule has 21 heavy (non-hydrogen) atoms. The zero-order chi connectivity index (χ0) is 15.4. The van der Waals surface area contributed by atoms with E-state index in [-0.39, 0.29) is 11.9 Å². The maximum atomic E-state index is 14.2. The summed E-state index contributed by atoms with van der Waals surface area (Å²) < 4.78 is 19.6. The Morgan fingerprint density at radius 2 is 1.76 bits per heavy atom. The zero-order valence-electron chi connectivity index (χ0n) is 13.0. The van der Waals surface area contributed by atoms with Gasteiger partial charge in [-0.3, -0.25) is 0 Å². The van der Waals surface area contributed by atoms with Crippen LogP contribution in [0.5, 0.6) is 5.75 Å². The van der Waals surface area contributed by atoms with E-state index in [0.717, 1.165) is 16.9 Å². The van der Waals surface area contributed by atoms with E-state index in [2.05, 4.69) is 11.4 Å². The number of likely N-dealkylation sites (N-methyl/N-ethyl adjacent to an activating group) is 1. The first kappa shape index (κ1) is 15.5. The van der Waals surface area contributed by atoms with Gasteiger partial charge >= 0.3 is 0 Å². The van der Waals surface area contributed by atoms with Crippen molar-refractivity contribution in [3.63, 3.8) is 0 Å². The van der Waals surface area contributed by atoms with Gasteiger partial charge in [-0.05, 0) is 50.6 Å². The molecule has 0 bridgehead atoms. The molecule has 0 amide bonds. The fraction of sp³-hybridized carbons (Fsp3) is 0.333. The smallest absolute Gasteiger partial charge is 0.128 e. The molecule has 0 aliphatic heterocycles. The molecule has 0 saturated heterocycles. The number of halogens is 1. The van der Waals surface area contributed by atoms with E-state index in [1.165, 1.54) is 5.56 Å². The number of hydrogen-bond donors (Lipinski definition) is 1. The first-order valence-electron chi connectivity index (χ1n) is 7.12. The summed E-state index contributed by atoms with van der Waals surface area (Å²) in [4.78, 5) is 0. The summed E-state index contributed by atoms with van der Waals surface area (Å²) in [6, 6.07) is 11.4. The second kappa shape index (κ2) is 6.72. The molecular weight excluding hydrogens is 265 g/mol. The number of benzene rings is 2. The van der Waals surface area contributed by atoms with Crippen LogP contribution in [0.4, 0.5) is 4.39 Å². The van der Waals surface area contributed by atoms with Gasteiger partial charge in [-0.2, -0.15) is 0 Å². The maximum Gasteiger partial charge on any atom is 0.128 e. The van der Waals surface area contributed by atoms with Gasteiger partial charge in [0, 0.05) is 11.6 Å². The minimum Gasteiger partial charge on any atom is -0.496 e. The SMILES string of the molecule is CNC(Cc1cc(C)ccc1OC)c1ccc(C)cc1F. The van der Waals surface area contributed by atoms with Gasteiger partial charge in [0.25, 0.3) is 0 Å². The average molecular weight is 287 g/mol. The quantitative estimate of drug-likeness (QED) is 0.899. The lowest BCUT2D eigenvalue weighted by Gasteiger charge is -2.19. The van der Waals surface area contributed by atoms with Crippen molar-refractivity contribution in [2.24, 2.45) is 0 Å². The van der Waals surface area contributed by atoms with Crippen molar-refractivity contribution in [3.05, 3.63) is 64.5 Å². The topological polar surface area (TPSA) is 21.3 Å². The van der Waals surface area contributed by atoms with Crippen LogP contribution in [-0.2, 0) is 6.42 Å². The molecule has 2 aromatic carbocycles. The van der Waals surface area contributed by atoms with Crippen molar-refractivity contribution in [2.45, 2.75) is 26.3 Å². The van der Waals surface area contributed by atoms with Crippen LogP contribution in [-0.4, -0.2) is 14.2 Å². The summed E-state index contributed by atoms with van der Waals surface area (Å²) in [7, 11) is 3.52. The highest BCUT2D eigenvalue weighted by Gasteiger charge is 2.17. The summed E-state index contributed by atoms with van der Waals surface area (Å²) in [5.74, 6) is 0.675. The van der Waals surface area contributed by atoms with Crippen LogP contribution in [0.2, 0.25) is 0 Å². The van der Waals surface area contributed by atoms with E-state index in [9.17, 15) is 4.39 Å². The highest BCUT2D eigenvalue weighted by molar-refractivity contribution is 5.38. The molecule has 0 fully saturated rings. The standard InChI is InChI=1S/C18H22FNO/c1-12-6-8-18(21-4)14(9-12)11-17(20-3)15-7-5-13(2)10-16(15)19/h5-10,17,20H,11H2,1-4H3. The van der Waals surface area contributed by atoms with Gasteiger partial charge in [0.1, 0.15) is 11.6 Å². The van der Waals surface area contributed by atoms with E-state index in [4.69, 9.17) is 4.74 Å². The molecule has 2 rings (SSSR count). The summed E-state index contributed by atoms with van der Waals surface area (Å²) in [6.07, 6.45) is 0.682. The minimum atomic E-state index is -0.166. The molecule has 0 heterocycles. The van der Waals surface area contributed by atoms with Crippen molar-refractivity contribution in [3.8, 4) is 5.75 Å². The molecule has 3 heteroatoms. The van der Waals surface area contributed by atoms with Crippen molar-refractivity contribution in [1.29, 1.82) is 0 Å². The highest BCUT2D eigenvalue weighted by atomic mass is 19.1. The van der Waals surface area contributed by atoms with Crippen LogP contribution in [0.15, 0.2) is 36.4 Å². The lowest BCUT2D eigenvalue weighted by atomic mass is 9.96. The van der Waals surface area contributed by atoms with Crippen molar-refractivity contribution in [1.82, 2.24) is 5.32 Å². The Bertz CT molecular complexity index is 625. The summed E-state index contributed by atoms with van der Waals surface area (Å²) in [5.41, 5.74) is 3.87. The third-order valence-corrected chi connectivity index (χ3v) is 3.74. The van der Waals surface area contributed by atoms with Crippen molar-refractivity contribution >= 4 is 0 Å². The molecule has 2 aromatic rings. The number of hydrogen-bond acceptors (Lipinski definition) is 2. The Morgan fingerprint density at radius 1 is 1.10 bits per heavy atom. The molecular formula is C18H22FNO. The third kappa shape index (κ3) is 3.61. The third-order valence-electron chi connectivity index (χ3n) is 3.74. The van der Waals surface area contributed by atoms with Gasteiger partial charge in [0.15, 0.2) is 0 Å². The Morgan fingerprint density at radius 3 is 2.38 bits per heavy atom. The number of nitrogens with one attached hydrogen (secondary N) is 1. The van der Waals surface area contributed by atoms with Gasteiger partial charge in [-0.1, -0.05) is 29.8 Å². The molecule has 1 N–H and O–H groups in total. The molecule has 0 aliphatic carbocycles. The maximum absolute atomic E-state index is 14.2. The molecule has 0 radical (unpaired) electrons. The number of ether oxygens (including phenoxy) is 1. The highest BCUT2D eigenvalue weighted by Crippen LogP contribution is 2.27. The van der Waals surface area contributed by atoms with Crippen molar-refractivity contribution in [2.75, 3.05) is 14.2 Å². The zero-order valence-corrected chi connectivity index (χ0v) is 13.0. The van der Waals surface area contributed by atoms with E-state index in [1.54, 1.807) is 13.2 Å². The normalized spacial score (nSPS) is 12.2. The first-order valence-corrected chi connectivity index (χ1v) is 7.12. The lowest BCUT2D eigenvalue weighted by Crippen LogP contribution is -2.20. The molecule has 1 atom stereocenters. The minimum absolute atomic E-state index is 0.0821. The van der Waals surface area contributed by atoms with Crippen LogP contribution in [0.1, 0.15) is 28.3 Å². The Labute approximate surface area is 126 Å². The van der Waals surface area contributed by atoms with Crippen LogP contribution < -0.4 is 10.1 Å². The Hall–Kier alpha value is -1.87. The summed E-state index contributed by atoms with van der Waals surface area (Å²) >= 11 is 0. The van der Waals surface area contributed by atoms with Gasteiger partial charge in [-0.15, -0.1) is 0 Å². The fourth-order valence-corrected chi connectivity index (χ4v) is 2.57. The molecule has 0 aliphatic rings. The van der Waals surface area contributed by atoms with Gasteiger partial charge in [0.2, 0.25) is 0 Å². The Kier molecular flexibility index (Phi) is 4.97. The van der Waals surface area contributed by atoms with Gasteiger partial charge in [0.05, 0.1) is 7.11 Å². The summed E-state index contributed by atoms with van der Waals surface area (Å²) in [5, 5.41) is 3.20. The average Bonchev–Trinajstić information content (AvgIpc) is 2.45. The molecule has 0 aromatic heterocycles. The van der Waals surface area contributed by atoms with Crippen LogP contribution in [0.25, 0.3) is 0 Å². The van der Waals surface area contributed by atoms with E-state index < -0.39 is 0 Å². The van der Waals surface area contributed by atoms with Crippen LogP contribution >= 0.6 is 0 Å². The lowest BCUT2D eigenvalue weighted by molar-refractivity contribution is 0.405. The first-order chi connectivity index (χ1) is 10.0.